The Labute approximate surface area is 183 Å². The van der Waals surface area contributed by atoms with Crippen LogP contribution in [0.3, 0.4) is 0 Å². The highest BCUT2D eigenvalue weighted by atomic mass is 19.1. The van der Waals surface area contributed by atoms with Crippen LogP contribution in [0.15, 0.2) is 89.7 Å². The van der Waals surface area contributed by atoms with E-state index in [1.807, 2.05) is 30.3 Å². The zero-order valence-electron chi connectivity index (χ0n) is 17.0. The van der Waals surface area contributed by atoms with Crippen LogP contribution in [0.2, 0.25) is 0 Å². The molecule has 4 aromatic rings. The van der Waals surface area contributed by atoms with Gasteiger partial charge in [-0.05, 0) is 35.9 Å². The van der Waals surface area contributed by atoms with E-state index in [1.54, 1.807) is 24.3 Å². The van der Waals surface area contributed by atoms with Crippen LogP contribution in [0.1, 0.15) is 15.9 Å². The first-order chi connectivity index (χ1) is 15.5. The number of anilines is 1. The molecule has 0 aliphatic rings. The molecule has 2 N–H and O–H groups in total. The number of carbonyl (C=O) groups is 2. The lowest BCUT2D eigenvalue weighted by Gasteiger charge is -2.14. The van der Waals surface area contributed by atoms with Gasteiger partial charge < -0.3 is 10.6 Å². The van der Waals surface area contributed by atoms with Gasteiger partial charge in [-0.1, -0.05) is 48.5 Å². The van der Waals surface area contributed by atoms with Crippen molar-refractivity contribution in [2.45, 2.75) is 13.1 Å². The molecule has 0 saturated heterocycles. The Morgan fingerprint density at radius 1 is 0.875 bits per heavy atom. The minimum Gasteiger partial charge on any atom is -0.348 e. The lowest BCUT2D eigenvalue weighted by Crippen LogP contribution is -2.30. The number of amides is 2. The van der Waals surface area contributed by atoms with Crippen LogP contribution >= 0.6 is 0 Å². The van der Waals surface area contributed by atoms with Crippen molar-refractivity contribution in [3.05, 3.63) is 112 Å². The number of nitrogens with one attached hydrogen (secondary N) is 2. The number of pyridine rings is 1. The Hall–Kier alpha value is -4.26. The zero-order chi connectivity index (χ0) is 22.5. The maximum absolute atomic E-state index is 13.1. The number of carbonyl (C=O) groups excluding carboxylic acids is 2. The van der Waals surface area contributed by atoms with Crippen molar-refractivity contribution in [1.82, 2.24) is 9.88 Å². The number of hydrogen-bond acceptors (Lipinski definition) is 3. The van der Waals surface area contributed by atoms with Gasteiger partial charge in [0.2, 0.25) is 5.91 Å². The predicted octanol–water partition coefficient (Wildman–Crippen LogP) is 3.71. The summed E-state index contributed by atoms with van der Waals surface area (Å²) in [6, 6.07) is 23.0. The van der Waals surface area contributed by atoms with Crippen LogP contribution in [0.5, 0.6) is 0 Å². The van der Waals surface area contributed by atoms with Gasteiger partial charge in [0.15, 0.2) is 0 Å². The summed E-state index contributed by atoms with van der Waals surface area (Å²) in [4.78, 5) is 38.1. The van der Waals surface area contributed by atoms with E-state index in [-0.39, 0.29) is 18.0 Å². The number of halogens is 1. The maximum Gasteiger partial charge on any atom is 0.252 e. The number of para-hydroxylation sites is 1. The molecule has 2 amide bonds. The standard InChI is InChI=1S/C25H20FN3O3/c26-18-10-12-19(13-11-18)28-23(30)16-29-22-9-5-4-8-20(22)21(14-24(29)31)25(32)27-15-17-6-2-1-3-7-17/h1-14H,15-16H2,(H,27,32)(H,28,30). The molecule has 0 atom stereocenters. The maximum atomic E-state index is 13.1. The highest BCUT2D eigenvalue weighted by Gasteiger charge is 2.16. The average Bonchev–Trinajstić information content (AvgIpc) is 2.81. The molecule has 0 spiro atoms. The molecule has 0 aliphatic heterocycles. The topological polar surface area (TPSA) is 80.2 Å². The second-order valence-electron chi connectivity index (χ2n) is 7.22. The van der Waals surface area contributed by atoms with Crippen molar-refractivity contribution in [2.75, 3.05) is 5.32 Å². The fraction of sp³-hybridized carbons (Fsp3) is 0.0800. The molecule has 32 heavy (non-hydrogen) atoms. The Kier molecular flexibility index (Phi) is 6.07. The van der Waals surface area contributed by atoms with Crippen molar-refractivity contribution in [3.63, 3.8) is 0 Å². The quantitative estimate of drug-likeness (QED) is 0.490. The summed E-state index contributed by atoms with van der Waals surface area (Å²) in [6.07, 6.45) is 0. The van der Waals surface area contributed by atoms with E-state index < -0.39 is 17.3 Å². The SMILES string of the molecule is O=C(Cn1c(=O)cc(C(=O)NCc2ccccc2)c2ccccc21)Nc1ccc(F)cc1. The third-order valence-electron chi connectivity index (χ3n) is 4.99. The van der Waals surface area contributed by atoms with E-state index in [2.05, 4.69) is 10.6 Å². The van der Waals surface area contributed by atoms with Crippen LogP contribution in [0, 0.1) is 5.82 Å². The first-order valence-corrected chi connectivity index (χ1v) is 10.0. The van der Waals surface area contributed by atoms with Crippen molar-refractivity contribution in [1.29, 1.82) is 0 Å². The van der Waals surface area contributed by atoms with Gasteiger partial charge in [0.25, 0.3) is 11.5 Å². The smallest absolute Gasteiger partial charge is 0.252 e. The Morgan fingerprint density at radius 2 is 1.56 bits per heavy atom. The first kappa shape index (κ1) is 21.0. The third-order valence-corrected chi connectivity index (χ3v) is 4.99. The van der Waals surface area contributed by atoms with E-state index in [0.717, 1.165) is 5.56 Å². The van der Waals surface area contributed by atoms with Crippen LogP contribution < -0.4 is 16.2 Å². The molecule has 160 valence electrons. The lowest BCUT2D eigenvalue weighted by molar-refractivity contribution is -0.116. The van der Waals surface area contributed by atoms with E-state index in [1.165, 1.54) is 34.9 Å². The molecular formula is C25H20FN3O3. The van der Waals surface area contributed by atoms with Gasteiger partial charge in [-0.25, -0.2) is 4.39 Å². The number of aromatic nitrogens is 1. The molecule has 1 heterocycles. The molecular weight excluding hydrogens is 409 g/mol. The van der Waals surface area contributed by atoms with Gasteiger partial charge in [-0.2, -0.15) is 0 Å². The lowest BCUT2D eigenvalue weighted by atomic mass is 10.1. The number of nitrogens with zero attached hydrogens (tertiary/aromatic N) is 1. The highest BCUT2D eigenvalue weighted by molar-refractivity contribution is 6.06. The van der Waals surface area contributed by atoms with Crippen molar-refractivity contribution in [3.8, 4) is 0 Å². The van der Waals surface area contributed by atoms with Crippen LogP contribution in [-0.2, 0) is 17.9 Å². The summed E-state index contributed by atoms with van der Waals surface area (Å²) in [5.41, 5.74) is 1.61. The molecule has 0 radical (unpaired) electrons. The fourth-order valence-corrected chi connectivity index (χ4v) is 3.44. The molecule has 1 aromatic heterocycles. The Morgan fingerprint density at radius 3 is 2.31 bits per heavy atom. The highest BCUT2D eigenvalue weighted by Crippen LogP contribution is 2.17. The molecule has 0 unspecified atom stereocenters. The van der Waals surface area contributed by atoms with E-state index in [9.17, 15) is 18.8 Å². The molecule has 0 saturated carbocycles. The van der Waals surface area contributed by atoms with Gasteiger partial charge in [0.05, 0.1) is 11.1 Å². The van der Waals surface area contributed by atoms with Crippen LogP contribution in [-0.4, -0.2) is 16.4 Å². The van der Waals surface area contributed by atoms with Crippen molar-refractivity contribution < 1.29 is 14.0 Å². The minimum atomic E-state index is -0.470. The second kappa shape index (κ2) is 9.26. The first-order valence-electron chi connectivity index (χ1n) is 10.0. The van der Waals surface area contributed by atoms with Gasteiger partial charge in [-0.15, -0.1) is 0 Å². The molecule has 0 bridgehead atoms. The summed E-state index contributed by atoms with van der Waals surface area (Å²) < 4.78 is 14.4. The average molecular weight is 429 g/mol. The minimum absolute atomic E-state index is 0.247. The van der Waals surface area contributed by atoms with Crippen molar-refractivity contribution >= 4 is 28.4 Å². The van der Waals surface area contributed by atoms with Crippen LogP contribution in [0.4, 0.5) is 10.1 Å². The number of fused-ring (bicyclic) bond motifs is 1. The number of benzene rings is 3. The summed E-state index contributed by atoms with van der Waals surface area (Å²) in [5, 5.41) is 6.04. The van der Waals surface area contributed by atoms with Gasteiger partial charge in [-0.3, -0.25) is 19.0 Å². The number of rotatable bonds is 6. The molecule has 0 fully saturated rings. The molecule has 6 nitrogen and oxygen atoms in total. The summed E-state index contributed by atoms with van der Waals surface area (Å²) in [6.45, 7) is 0.0831. The summed E-state index contributed by atoms with van der Waals surface area (Å²) >= 11 is 0. The molecule has 7 heteroatoms. The Balaban J connectivity index is 1.59. The van der Waals surface area contributed by atoms with Gasteiger partial charge >= 0.3 is 0 Å². The van der Waals surface area contributed by atoms with Gasteiger partial charge in [0.1, 0.15) is 12.4 Å². The van der Waals surface area contributed by atoms with Crippen LogP contribution in [0.25, 0.3) is 10.9 Å². The normalized spacial score (nSPS) is 10.7. The predicted molar refractivity (Wildman–Crippen MR) is 121 cm³/mol. The van der Waals surface area contributed by atoms with Crippen molar-refractivity contribution in [2.24, 2.45) is 0 Å². The largest absolute Gasteiger partial charge is 0.348 e. The van der Waals surface area contributed by atoms with E-state index >= 15 is 0 Å². The number of hydrogen-bond donors (Lipinski definition) is 2. The Bertz CT molecular complexity index is 1330. The van der Waals surface area contributed by atoms with Gasteiger partial charge in [0, 0.05) is 23.7 Å². The molecule has 0 aliphatic carbocycles. The van der Waals surface area contributed by atoms with E-state index in [0.29, 0.717) is 23.1 Å². The summed E-state index contributed by atoms with van der Waals surface area (Å²) in [5.74, 6) is -1.22. The monoisotopic (exact) mass is 429 g/mol. The fourth-order valence-electron chi connectivity index (χ4n) is 3.44. The zero-order valence-corrected chi connectivity index (χ0v) is 17.0. The van der Waals surface area contributed by atoms with E-state index in [4.69, 9.17) is 0 Å². The molecule has 4 rings (SSSR count). The molecule has 3 aromatic carbocycles. The summed E-state index contributed by atoms with van der Waals surface area (Å²) in [7, 11) is 0. The third kappa shape index (κ3) is 4.73. The second-order valence-corrected chi connectivity index (χ2v) is 7.22.